The van der Waals surface area contributed by atoms with Crippen LogP contribution in [-0.2, 0) is 0 Å². The topological polar surface area (TPSA) is 39.1 Å². The van der Waals surface area contributed by atoms with Gasteiger partial charge in [0.25, 0.3) is 0 Å². The van der Waals surface area contributed by atoms with Gasteiger partial charge < -0.3 is 10.2 Å². The van der Waals surface area contributed by atoms with E-state index in [0.717, 1.165) is 21.4 Å². The summed E-state index contributed by atoms with van der Waals surface area (Å²) in [7, 11) is 3.99. The van der Waals surface area contributed by atoms with Crippen molar-refractivity contribution < 1.29 is 0 Å². The molecule has 0 heterocycles. The minimum atomic E-state index is -0.361. The molecule has 0 radical (unpaired) electrons. The van der Waals surface area contributed by atoms with Crippen LogP contribution < -0.4 is 10.2 Å². The van der Waals surface area contributed by atoms with Crippen molar-refractivity contribution in [2.75, 3.05) is 24.3 Å². The molecule has 0 bridgehead atoms. The van der Waals surface area contributed by atoms with Crippen molar-refractivity contribution in [3.05, 3.63) is 58.6 Å². The second-order valence-electron chi connectivity index (χ2n) is 4.70. The average molecular weight is 330 g/mol. The molecule has 2 rings (SSSR count). The third kappa shape index (κ3) is 3.52. The average Bonchev–Trinajstić information content (AvgIpc) is 2.45. The van der Waals surface area contributed by atoms with Crippen molar-refractivity contribution in [3.63, 3.8) is 0 Å². The molecule has 0 fully saturated rings. The first-order valence-electron chi connectivity index (χ1n) is 6.29. The molecular weight excluding hydrogens is 314 g/mol. The van der Waals surface area contributed by atoms with E-state index < -0.39 is 0 Å². The molecule has 2 aromatic rings. The van der Waals surface area contributed by atoms with Gasteiger partial charge in [-0.15, -0.1) is 0 Å². The van der Waals surface area contributed by atoms with Gasteiger partial charge in [-0.2, -0.15) is 5.26 Å². The van der Waals surface area contributed by atoms with Crippen LogP contribution in [0.1, 0.15) is 11.6 Å². The maximum absolute atomic E-state index is 9.35. The molecule has 0 aliphatic rings. The highest BCUT2D eigenvalue weighted by Crippen LogP contribution is 2.23. The predicted molar refractivity (Wildman–Crippen MR) is 86.9 cm³/mol. The summed E-state index contributed by atoms with van der Waals surface area (Å²) in [5.74, 6) is 0. The zero-order valence-corrected chi connectivity index (χ0v) is 13.1. The molecule has 102 valence electrons. The number of halogens is 1. The van der Waals surface area contributed by atoms with E-state index in [2.05, 4.69) is 27.3 Å². The first-order valence-corrected chi connectivity index (χ1v) is 7.08. The summed E-state index contributed by atoms with van der Waals surface area (Å²) in [6, 6.07) is 17.7. The predicted octanol–water partition coefficient (Wildman–Crippen LogP) is 4.19. The fourth-order valence-corrected chi connectivity index (χ4v) is 2.30. The SMILES string of the molecule is CN(C)c1ccc(C(C#N)Nc2cccc(Br)c2)cc1. The molecule has 1 unspecified atom stereocenters. The van der Waals surface area contributed by atoms with Crippen molar-refractivity contribution in [3.8, 4) is 6.07 Å². The second kappa shape index (κ2) is 6.44. The zero-order chi connectivity index (χ0) is 14.5. The van der Waals surface area contributed by atoms with Gasteiger partial charge in [-0.25, -0.2) is 0 Å². The standard InChI is InChI=1S/C16H16BrN3/c1-20(2)15-8-6-12(7-9-15)16(11-18)19-14-5-3-4-13(17)10-14/h3-10,16,19H,1-2H3. The highest BCUT2D eigenvalue weighted by molar-refractivity contribution is 9.10. The van der Waals surface area contributed by atoms with E-state index in [4.69, 9.17) is 0 Å². The van der Waals surface area contributed by atoms with Gasteiger partial charge >= 0.3 is 0 Å². The molecular formula is C16H16BrN3. The number of nitriles is 1. The Morgan fingerprint density at radius 3 is 2.40 bits per heavy atom. The van der Waals surface area contributed by atoms with E-state index in [1.165, 1.54) is 0 Å². The molecule has 0 aliphatic carbocycles. The van der Waals surface area contributed by atoms with Crippen LogP contribution in [0.2, 0.25) is 0 Å². The summed E-state index contributed by atoms with van der Waals surface area (Å²) in [4.78, 5) is 2.03. The van der Waals surface area contributed by atoms with E-state index in [9.17, 15) is 5.26 Å². The van der Waals surface area contributed by atoms with E-state index in [1.54, 1.807) is 0 Å². The van der Waals surface area contributed by atoms with E-state index in [1.807, 2.05) is 67.5 Å². The highest BCUT2D eigenvalue weighted by atomic mass is 79.9. The zero-order valence-electron chi connectivity index (χ0n) is 11.5. The second-order valence-corrected chi connectivity index (χ2v) is 5.62. The van der Waals surface area contributed by atoms with Crippen LogP contribution in [0.5, 0.6) is 0 Å². The van der Waals surface area contributed by atoms with Gasteiger partial charge in [-0.1, -0.05) is 34.1 Å². The van der Waals surface area contributed by atoms with Crippen molar-refractivity contribution >= 4 is 27.3 Å². The summed E-state index contributed by atoms with van der Waals surface area (Å²) in [5, 5.41) is 12.6. The Kier molecular flexibility index (Phi) is 4.65. The van der Waals surface area contributed by atoms with Crippen molar-refractivity contribution in [2.24, 2.45) is 0 Å². The minimum absolute atomic E-state index is 0.361. The Morgan fingerprint density at radius 1 is 1.15 bits per heavy atom. The molecule has 2 aromatic carbocycles. The monoisotopic (exact) mass is 329 g/mol. The Bertz CT molecular complexity index is 614. The van der Waals surface area contributed by atoms with Crippen molar-refractivity contribution in [1.82, 2.24) is 0 Å². The van der Waals surface area contributed by atoms with Gasteiger partial charge in [0.2, 0.25) is 0 Å². The first-order chi connectivity index (χ1) is 9.60. The maximum atomic E-state index is 9.35. The molecule has 0 saturated carbocycles. The molecule has 1 atom stereocenters. The molecule has 4 heteroatoms. The number of hydrogen-bond acceptors (Lipinski definition) is 3. The van der Waals surface area contributed by atoms with Crippen LogP contribution in [0, 0.1) is 11.3 Å². The smallest absolute Gasteiger partial charge is 0.140 e. The lowest BCUT2D eigenvalue weighted by molar-refractivity contribution is 0.995. The van der Waals surface area contributed by atoms with Crippen LogP contribution in [0.3, 0.4) is 0 Å². The van der Waals surface area contributed by atoms with Crippen LogP contribution in [0.15, 0.2) is 53.0 Å². The summed E-state index contributed by atoms with van der Waals surface area (Å²) < 4.78 is 0.988. The maximum Gasteiger partial charge on any atom is 0.140 e. The number of hydrogen-bond donors (Lipinski definition) is 1. The Hall–Kier alpha value is -1.99. The minimum Gasteiger partial charge on any atom is -0.378 e. The quantitative estimate of drug-likeness (QED) is 0.913. The molecule has 0 saturated heterocycles. The summed E-state index contributed by atoms with van der Waals surface area (Å²) in [6.07, 6.45) is 0. The number of rotatable bonds is 4. The highest BCUT2D eigenvalue weighted by Gasteiger charge is 2.10. The summed E-state index contributed by atoms with van der Waals surface area (Å²) in [5.41, 5.74) is 2.99. The van der Waals surface area contributed by atoms with E-state index in [0.29, 0.717) is 0 Å². The lowest BCUT2D eigenvalue weighted by Crippen LogP contribution is -2.10. The van der Waals surface area contributed by atoms with E-state index in [-0.39, 0.29) is 6.04 Å². The van der Waals surface area contributed by atoms with Gasteiger partial charge in [0.05, 0.1) is 6.07 Å². The third-order valence-corrected chi connectivity index (χ3v) is 3.50. The van der Waals surface area contributed by atoms with Crippen LogP contribution in [0.25, 0.3) is 0 Å². The van der Waals surface area contributed by atoms with Crippen molar-refractivity contribution in [2.45, 2.75) is 6.04 Å². The first kappa shape index (κ1) is 14.4. The van der Waals surface area contributed by atoms with Crippen molar-refractivity contribution in [1.29, 1.82) is 5.26 Å². The lowest BCUT2D eigenvalue weighted by Gasteiger charge is -2.16. The summed E-state index contributed by atoms with van der Waals surface area (Å²) in [6.45, 7) is 0. The molecule has 1 N–H and O–H groups in total. The van der Waals surface area contributed by atoms with Crippen LogP contribution in [0.4, 0.5) is 11.4 Å². The number of benzene rings is 2. The third-order valence-electron chi connectivity index (χ3n) is 3.01. The Labute approximate surface area is 128 Å². The number of nitrogens with one attached hydrogen (secondary N) is 1. The van der Waals surface area contributed by atoms with Gasteiger partial charge in [0, 0.05) is 29.9 Å². The van der Waals surface area contributed by atoms with Gasteiger partial charge in [-0.05, 0) is 35.9 Å². The molecule has 0 spiro atoms. The van der Waals surface area contributed by atoms with Gasteiger partial charge in [-0.3, -0.25) is 0 Å². The van der Waals surface area contributed by atoms with Gasteiger partial charge in [0.1, 0.15) is 6.04 Å². The molecule has 0 aromatic heterocycles. The summed E-state index contributed by atoms with van der Waals surface area (Å²) >= 11 is 3.43. The fraction of sp³-hybridized carbons (Fsp3) is 0.188. The van der Waals surface area contributed by atoms with Crippen LogP contribution >= 0.6 is 15.9 Å². The molecule has 0 aliphatic heterocycles. The molecule has 0 amide bonds. The largest absolute Gasteiger partial charge is 0.378 e. The normalized spacial score (nSPS) is 11.5. The van der Waals surface area contributed by atoms with E-state index >= 15 is 0 Å². The lowest BCUT2D eigenvalue weighted by atomic mass is 10.1. The number of anilines is 2. The van der Waals surface area contributed by atoms with Crippen LogP contribution in [-0.4, -0.2) is 14.1 Å². The molecule has 20 heavy (non-hydrogen) atoms. The molecule has 3 nitrogen and oxygen atoms in total. The number of nitrogens with zero attached hydrogens (tertiary/aromatic N) is 2. The Morgan fingerprint density at radius 2 is 1.85 bits per heavy atom. The fourth-order valence-electron chi connectivity index (χ4n) is 1.90. The van der Waals surface area contributed by atoms with Gasteiger partial charge in [0.15, 0.2) is 0 Å². The Balaban J connectivity index is 2.18.